The lowest BCUT2D eigenvalue weighted by molar-refractivity contribution is 0.627. The number of hydrogen-bond donors (Lipinski definition) is 0. The van der Waals surface area contributed by atoms with Gasteiger partial charge in [-0.05, 0) is 25.1 Å². The molecule has 0 atom stereocenters. The first-order valence-electron chi connectivity index (χ1n) is 7.17. The minimum absolute atomic E-state index is 0.261. The molecular weight excluding hydrogens is 277 g/mol. The number of nitrogens with zero attached hydrogens (tertiary/aromatic N) is 3. The topological polar surface area (TPSA) is 30.2 Å². The van der Waals surface area contributed by atoms with E-state index < -0.39 is 0 Å². The van der Waals surface area contributed by atoms with E-state index in [1.54, 1.807) is 12.1 Å². The number of halogens is 1. The maximum Gasteiger partial charge on any atom is 0.135 e. The van der Waals surface area contributed by atoms with Crippen LogP contribution in [0.4, 0.5) is 4.39 Å². The first kappa shape index (κ1) is 13.0. The molecule has 0 radical (unpaired) electrons. The zero-order valence-corrected chi connectivity index (χ0v) is 12.1. The van der Waals surface area contributed by atoms with Crippen molar-refractivity contribution in [3.8, 4) is 5.69 Å². The Morgan fingerprint density at radius 3 is 2.73 bits per heavy atom. The fourth-order valence-corrected chi connectivity index (χ4v) is 2.90. The second kappa shape index (κ2) is 4.91. The Bertz CT molecular complexity index is 879. The van der Waals surface area contributed by atoms with E-state index in [2.05, 4.69) is 4.98 Å². The Balaban J connectivity index is 2.01. The Morgan fingerprint density at radius 1 is 1.09 bits per heavy atom. The number of imidazole rings is 1. The number of aryl methyl sites for hydroxylation is 1. The summed E-state index contributed by atoms with van der Waals surface area (Å²) in [6, 6.07) is 14.7. The van der Waals surface area contributed by atoms with Gasteiger partial charge in [-0.1, -0.05) is 30.3 Å². The summed E-state index contributed by atoms with van der Waals surface area (Å²) in [6.45, 7) is 2.48. The molecule has 0 spiro atoms. The van der Waals surface area contributed by atoms with Crippen molar-refractivity contribution in [2.75, 3.05) is 0 Å². The lowest BCUT2D eigenvalue weighted by Gasteiger charge is -2.13. The zero-order chi connectivity index (χ0) is 15.1. The lowest BCUT2D eigenvalue weighted by atomic mass is 10.0. The molecule has 0 bridgehead atoms. The fourth-order valence-electron chi connectivity index (χ4n) is 2.90. The van der Waals surface area contributed by atoms with Crippen LogP contribution in [0.2, 0.25) is 0 Å². The Morgan fingerprint density at radius 2 is 1.91 bits per heavy atom. The number of aromatic nitrogens is 2. The molecule has 1 aromatic heterocycles. The highest BCUT2D eigenvalue weighted by Crippen LogP contribution is 2.26. The molecular formula is C18H14FN3. The molecule has 4 rings (SSSR count). The van der Waals surface area contributed by atoms with Gasteiger partial charge >= 0.3 is 0 Å². The molecule has 3 nitrogen and oxygen atoms in total. The van der Waals surface area contributed by atoms with E-state index in [0.29, 0.717) is 6.54 Å². The molecule has 0 N–H and O–H groups in total. The van der Waals surface area contributed by atoms with E-state index >= 15 is 0 Å². The van der Waals surface area contributed by atoms with Crippen molar-refractivity contribution in [2.24, 2.45) is 4.99 Å². The van der Waals surface area contributed by atoms with E-state index in [-0.39, 0.29) is 5.82 Å². The third-order valence-corrected chi connectivity index (χ3v) is 3.89. The third-order valence-electron chi connectivity index (χ3n) is 3.89. The van der Waals surface area contributed by atoms with E-state index in [1.807, 2.05) is 48.0 Å². The molecule has 4 heteroatoms. The van der Waals surface area contributed by atoms with Gasteiger partial charge in [-0.25, -0.2) is 9.37 Å². The highest BCUT2D eigenvalue weighted by atomic mass is 19.1. The molecule has 0 fully saturated rings. The number of rotatable bonds is 1. The first-order chi connectivity index (χ1) is 10.7. The maximum absolute atomic E-state index is 13.8. The van der Waals surface area contributed by atoms with E-state index in [4.69, 9.17) is 4.99 Å². The van der Waals surface area contributed by atoms with Gasteiger partial charge in [0.05, 0.1) is 17.9 Å². The average Bonchev–Trinajstić information content (AvgIpc) is 2.82. The van der Waals surface area contributed by atoms with Gasteiger partial charge in [0.1, 0.15) is 11.6 Å². The van der Waals surface area contributed by atoms with Crippen molar-refractivity contribution >= 4 is 5.71 Å². The molecule has 0 saturated carbocycles. The molecule has 3 aromatic rings. The summed E-state index contributed by atoms with van der Waals surface area (Å²) in [6.07, 6.45) is 1.82. The molecule has 2 heterocycles. The standard InChI is InChI=1S/C18H14FN3/c1-12-10-20-17-11-21-18(13-5-3-2-4-6-13)15-9-14(19)7-8-16(15)22(12)17/h2-10H,11H2,1H3. The monoisotopic (exact) mass is 291 g/mol. The minimum Gasteiger partial charge on any atom is -0.299 e. The van der Waals surface area contributed by atoms with Gasteiger partial charge in [-0.3, -0.25) is 9.56 Å². The number of hydrogen-bond acceptors (Lipinski definition) is 2. The Hall–Kier alpha value is -2.75. The van der Waals surface area contributed by atoms with Gasteiger partial charge in [-0.2, -0.15) is 0 Å². The van der Waals surface area contributed by atoms with Crippen LogP contribution in [0.3, 0.4) is 0 Å². The average molecular weight is 291 g/mol. The van der Waals surface area contributed by atoms with Gasteiger partial charge in [0.15, 0.2) is 0 Å². The van der Waals surface area contributed by atoms with Crippen molar-refractivity contribution in [1.82, 2.24) is 9.55 Å². The van der Waals surface area contributed by atoms with Gasteiger partial charge in [0.25, 0.3) is 0 Å². The van der Waals surface area contributed by atoms with Crippen LogP contribution >= 0.6 is 0 Å². The van der Waals surface area contributed by atoms with Crippen molar-refractivity contribution in [3.63, 3.8) is 0 Å². The lowest BCUT2D eigenvalue weighted by Crippen LogP contribution is -2.08. The molecule has 0 amide bonds. The number of aliphatic imine (C=N–C) groups is 1. The molecule has 1 aliphatic heterocycles. The minimum atomic E-state index is -0.261. The van der Waals surface area contributed by atoms with Crippen LogP contribution in [-0.4, -0.2) is 15.3 Å². The highest BCUT2D eigenvalue weighted by Gasteiger charge is 2.20. The van der Waals surface area contributed by atoms with Crippen molar-refractivity contribution in [2.45, 2.75) is 13.5 Å². The summed E-state index contributed by atoms with van der Waals surface area (Å²) in [5.41, 5.74) is 4.53. The van der Waals surface area contributed by atoms with Crippen LogP contribution in [0.15, 0.2) is 59.7 Å². The van der Waals surface area contributed by atoms with Crippen LogP contribution in [0.1, 0.15) is 22.6 Å². The van der Waals surface area contributed by atoms with Gasteiger partial charge in [-0.15, -0.1) is 0 Å². The van der Waals surface area contributed by atoms with Crippen molar-refractivity contribution < 1.29 is 4.39 Å². The molecule has 2 aromatic carbocycles. The van der Waals surface area contributed by atoms with Crippen LogP contribution in [0.5, 0.6) is 0 Å². The van der Waals surface area contributed by atoms with Gasteiger partial charge < -0.3 is 0 Å². The maximum atomic E-state index is 13.8. The third kappa shape index (κ3) is 1.96. The summed E-state index contributed by atoms with van der Waals surface area (Å²) in [5.74, 6) is 0.611. The second-order valence-electron chi connectivity index (χ2n) is 5.34. The summed E-state index contributed by atoms with van der Waals surface area (Å²) in [4.78, 5) is 9.13. The van der Waals surface area contributed by atoms with Gasteiger partial charge in [0.2, 0.25) is 0 Å². The number of benzene rings is 2. The summed E-state index contributed by atoms with van der Waals surface area (Å²) in [7, 11) is 0. The largest absolute Gasteiger partial charge is 0.299 e. The predicted octanol–water partition coefficient (Wildman–Crippen LogP) is 3.67. The summed E-state index contributed by atoms with van der Waals surface area (Å²) < 4.78 is 15.9. The molecule has 1 aliphatic rings. The smallest absolute Gasteiger partial charge is 0.135 e. The van der Waals surface area contributed by atoms with Crippen molar-refractivity contribution in [1.29, 1.82) is 0 Å². The van der Waals surface area contributed by atoms with E-state index in [9.17, 15) is 4.39 Å². The SMILES string of the molecule is Cc1cnc2n1-c1ccc(F)cc1C(c1ccccc1)=NC2. The number of fused-ring (bicyclic) bond motifs is 3. The Kier molecular flexibility index (Phi) is 2.89. The van der Waals surface area contributed by atoms with Crippen molar-refractivity contribution in [3.05, 3.63) is 83.2 Å². The molecule has 0 aliphatic carbocycles. The Labute approximate surface area is 127 Å². The second-order valence-corrected chi connectivity index (χ2v) is 5.34. The van der Waals surface area contributed by atoms with Crippen LogP contribution < -0.4 is 0 Å². The molecule has 0 saturated heterocycles. The molecule has 0 unspecified atom stereocenters. The highest BCUT2D eigenvalue weighted by molar-refractivity contribution is 6.15. The fraction of sp³-hybridized carbons (Fsp3) is 0.111. The summed E-state index contributed by atoms with van der Waals surface area (Å²) >= 11 is 0. The summed E-state index contributed by atoms with van der Waals surface area (Å²) in [5, 5.41) is 0. The first-order valence-corrected chi connectivity index (χ1v) is 7.17. The van der Waals surface area contributed by atoms with Crippen LogP contribution in [0.25, 0.3) is 5.69 Å². The van der Waals surface area contributed by atoms with Crippen LogP contribution in [0, 0.1) is 12.7 Å². The van der Waals surface area contributed by atoms with E-state index in [0.717, 1.165) is 34.0 Å². The normalized spacial score (nSPS) is 13.1. The molecule has 22 heavy (non-hydrogen) atoms. The van der Waals surface area contributed by atoms with Gasteiger partial charge in [0, 0.05) is 23.0 Å². The molecule has 108 valence electrons. The quantitative estimate of drug-likeness (QED) is 0.673. The van der Waals surface area contributed by atoms with Crippen LogP contribution in [-0.2, 0) is 6.54 Å². The predicted molar refractivity (Wildman–Crippen MR) is 84.0 cm³/mol. The zero-order valence-electron chi connectivity index (χ0n) is 12.1. The van der Waals surface area contributed by atoms with E-state index in [1.165, 1.54) is 6.07 Å².